The van der Waals surface area contributed by atoms with Gasteiger partial charge in [-0.25, -0.2) is 0 Å². The molecule has 0 spiro atoms. The van der Waals surface area contributed by atoms with Crippen LogP contribution in [0, 0.1) is 10.1 Å². The van der Waals surface area contributed by atoms with Gasteiger partial charge in [-0.05, 0) is 30.0 Å². The highest BCUT2D eigenvalue weighted by atomic mass is 35.5. The Balaban J connectivity index is 3.30. The zero-order chi connectivity index (χ0) is 10.7. The second-order valence-electron chi connectivity index (χ2n) is 3.04. The molecular formula is C10H12ClNO2. The molecule has 0 radical (unpaired) electrons. The van der Waals surface area contributed by atoms with Gasteiger partial charge in [-0.1, -0.05) is 25.4 Å². The van der Waals surface area contributed by atoms with Gasteiger partial charge in [-0.3, -0.25) is 10.1 Å². The van der Waals surface area contributed by atoms with Gasteiger partial charge in [0.05, 0.1) is 4.92 Å². The predicted octanol–water partition coefficient (Wildman–Crippen LogP) is 3.37. The Morgan fingerprint density at radius 2 is 1.79 bits per heavy atom. The summed E-state index contributed by atoms with van der Waals surface area (Å²) in [7, 11) is 0. The number of nitrogens with zero attached hydrogens (tertiary/aromatic N) is 1. The van der Waals surface area contributed by atoms with Gasteiger partial charge in [0.25, 0.3) is 5.69 Å². The summed E-state index contributed by atoms with van der Waals surface area (Å²) in [4.78, 5) is 10.2. The first kappa shape index (κ1) is 11.0. The highest BCUT2D eigenvalue weighted by molar-refractivity contribution is 6.32. The Morgan fingerprint density at radius 1 is 1.29 bits per heavy atom. The average Bonchev–Trinajstić information content (AvgIpc) is 2.16. The highest BCUT2D eigenvalue weighted by Crippen LogP contribution is 2.28. The van der Waals surface area contributed by atoms with Crippen molar-refractivity contribution in [2.45, 2.75) is 26.7 Å². The van der Waals surface area contributed by atoms with E-state index < -0.39 is 4.92 Å². The molecule has 0 bridgehead atoms. The first-order valence-corrected chi connectivity index (χ1v) is 4.93. The van der Waals surface area contributed by atoms with E-state index in [1.54, 1.807) is 12.1 Å². The molecule has 1 aromatic carbocycles. The summed E-state index contributed by atoms with van der Waals surface area (Å²) in [6, 6.07) is 3.26. The van der Waals surface area contributed by atoms with E-state index in [0.29, 0.717) is 0 Å². The largest absolute Gasteiger partial charge is 0.288 e. The molecule has 0 amide bonds. The number of benzene rings is 1. The van der Waals surface area contributed by atoms with E-state index >= 15 is 0 Å². The van der Waals surface area contributed by atoms with E-state index in [2.05, 4.69) is 0 Å². The monoisotopic (exact) mass is 213 g/mol. The number of hydrogen-bond donors (Lipinski definition) is 0. The van der Waals surface area contributed by atoms with Crippen LogP contribution in [-0.2, 0) is 12.8 Å². The Hall–Kier alpha value is -1.09. The minimum atomic E-state index is -0.444. The molecular weight excluding hydrogens is 202 g/mol. The van der Waals surface area contributed by atoms with Crippen LogP contribution in [0.25, 0.3) is 0 Å². The summed E-state index contributed by atoms with van der Waals surface area (Å²) >= 11 is 5.79. The van der Waals surface area contributed by atoms with Gasteiger partial charge in [-0.2, -0.15) is 0 Å². The summed E-state index contributed by atoms with van der Waals surface area (Å²) in [6.45, 7) is 3.99. The van der Waals surface area contributed by atoms with Crippen LogP contribution < -0.4 is 0 Å². The molecule has 0 saturated heterocycles. The van der Waals surface area contributed by atoms with Crippen LogP contribution in [-0.4, -0.2) is 4.92 Å². The molecule has 0 unspecified atom stereocenters. The van der Waals surface area contributed by atoms with Crippen molar-refractivity contribution in [1.82, 2.24) is 0 Å². The van der Waals surface area contributed by atoms with Crippen LogP contribution >= 0.6 is 11.6 Å². The number of nitro groups is 1. The number of aryl methyl sites for hydroxylation is 2. The van der Waals surface area contributed by atoms with Gasteiger partial charge in [0, 0.05) is 6.07 Å². The van der Waals surface area contributed by atoms with E-state index in [1.165, 1.54) is 0 Å². The minimum Gasteiger partial charge on any atom is -0.258 e. The smallest absolute Gasteiger partial charge is 0.258 e. The summed E-state index contributed by atoms with van der Waals surface area (Å²) in [5.74, 6) is 0. The first-order valence-electron chi connectivity index (χ1n) is 4.55. The predicted molar refractivity (Wildman–Crippen MR) is 56.9 cm³/mol. The van der Waals surface area contributed by atoms with Gasteiger partial charge in [0.15, 0.2) is 0 Å². The molecule has 0 atom stereocenters. The Kier molecular flexibility index (Phi) is 3.47. The molecule has 3 nitrogen and oxygen atoms in total. The lowest BCUT2D eigenvalue weighted by Gasteiger charge is -2.06. The van der Waals surface area contributed by atoms with Crippen molar-refractivity contribution in [3.05, 3.63) is 38.4 Å². The Morgan fingerprint density at radius 3 is 2.21 bits per heavy atom. The normalized spacial score (nSPS) is 10.2. The van der Waals surface area contributed by atoms with E-state index in [-0.39, 0.29) is 10.7 Å². The number of nitro benzene ring substituents is 1. The summed E-state index contributed by atoms with van der Waals surface area (Å²) < 4.78 is 0. The first-order chi connectivity index (χ1) is 6.60. The molecule has 1 rings (SSSR count). The van der Waals surface area contributed by atoms with E-state index in [1.807, 2.05) is 13.8 Å². The second-order valence-corrected chi connectivity index (χ2v) is 3.44. The Labute approximate surface area is 87.8 Å². The van der Waals surface area contributed by atoms with E-state index in [4.69, 9.17) is 11.6 Å². The maximum atomic E-state index is 10.6. The van der Waals surface area contributed by atoms with Crippen molar-refractivity contribution >= 4 is 17.3 Å². The maximum absolute atomic E-state index is 10.6. The van der Waals surface area contributed by atoms with Gasteiger partial charge >= 0.3 is 0 Å². The number of hydrogen-bond acceptors (Lipinski definition) is 2. The molecule has 0 aliphatic heterocycles. The van der Waals surface area contributed by atoms with Gasteiger partial charge < -0.3 is 0 Å². The molecule has 1 aromatic rings. The molecule has 0 saturated carbocycles. The summed E-state index contributed by atoms with van der Waals surface area (Å²) in [5.41, 5.74) is 2.09. The van der Waals surface area contributed by atoms with E-state index in [0.717, 1.165) is 24.0 Å². The third-order valence-corrected chi connectivity index (χ3v) is 2.53. The standard InChI is InChI=1S/C10H12ClNO2/c1-3-7-5-9(11)10(12(13)14)6-8(7)4-2/h5-6H,3-4H2,1-2H3. The van der Waals surface area contributed by atoms with Crippen LogP contribution in [0.1, 0.15) is 25.0 Å². The fourth-order valence-electron chi connectivity index (χ4n) is 1.44. The maximum Gasteiger partial charge on any atom is 0.288 e. The van der Waals surface area contributed by atoms with Crippen LogP contribution in [0.5, 0.6) is 0 Å². The molecule has 0 heterocycles. The zero-order valence-corrected chi connectivity index (χ0v) is 8.97. The fraction of sp³-hybridized carbons (Fsp3) is 0.400. The molecule has 4 heteroatoms. The number of rotatable bonds is 3. The van der Waals surface area contributed by atoms with Crippen LogP contribution in [0.15, 0.2) is 12.1 Å². The lowest BCUT2D eigenvalue weighted by Crippen LogP contribution is -1.96. The quantitative estimate of drug-likeness (QED) is 0.571. The molecule has 0 fully saturated rings. The van der Waals surface area contributed by atoms with Gasteiger partial charge in [-0.15, -0.1) is 0 Å². The number of halogens is 1. The summed E-state index contributed by atoms with van der Waals surface area (Å²) in [6.07, 6.45) is 1.64. The van der Waals surface area contributed by atoms with Crippen molar-refractivity contribution in [3.8, 4) is 0 Å². The third-order valence-electron chi connectivity index (χ3n) is 2.23. The van der Waals surface area contributed by atoms with Crippen LogP contribution in [0.3, 0.4) is 0 Å². The van der Waals surface area contributed by atoms with Gasteiger partial charge in [0.2, 0.25) is 0 Å². The van der Waals surface area contributed by atoms with E-state index in [9.17, 15) is 10.1 Å². The van der Waals surface area contributed by atoms with Crippen molar-refractivity contribution in [2.24, 2.45) is 0 Å². The van der Waals surface area contributed by atoms with Crippen molar-refractivity contribution in [2.75, 3.05) is 0 Å². The lowest BCUT2D eigenvalue weighted by atomic mass is 10.0. The molecule has 0 N–H and O–H groups in total. The summed E-state index contributed by atoms with van der Waals surface area (Å²) in [5, 5.41) is 10.8. The lowest BCUT2D eigenvalue weighted by molar-refractivity contribution is -0.384. The highest BCUT2D eigenvalue weighted by Gasteiger charge is 2.14. The second kappa shape index (κ2) is 4.42. The zero-order valence-electron chi connectivity index (χ0n) is 8.21. The molecule has 0 aromatic heterocycles. The fourth-order valence-corrected chi connectivity index (χ4v) is 1.70. The van der Waals surface area contributed by atoms with Crippen LogP contribution in [0.2, 0.25) is 5.02 Å². The van der Waals surface area contributed by atoms with Crippen molar-refractivity contribution < 1.29 is 4.92 Å². The van der Waals surface area contributed by atoms with Crippen molar-refractivity contribution in [3.63, 3.8) is 0 Å². The third kappa shape index (κ3) is 2.04. The molecule has 0 aliphatic carbocycles. The SMILES string of the molecule is CCc1cc(Cl)c([N+](=O)[O-])cc1CC. The van der Waals surface area contributed by atoms with Crippen LogP contribution in [0.4, 0.5) is 5.69 Å². The molecule has 76 valence electrons. The Bertz CT molecular complexity index is 363. The average molecular weight is 214 g/mol. The van der Waals surface area contributed by atoms with Gasteiger partial charge in [0.1, 0.15) is 5.02 Å². The minimum absolute atomic E-state index is 0.000664. The topological polar surface area (TPSA) is 43.1 Å². The molecule has 0 aliphatic rings. The van der Waals surface area contributed by atoms with Crippen molar-refractivity contribution in [1.29, 1.82) is 0 Å². The molecule has 14 heavy (non-hydrogen) atoms.